The molecule has 0 bridgehead atoms. The Morgan fingerprint density at radius 2 is 1.85 bits per heavy atom. The molecule has 1 heterocycles. The molecule has 0 spiro atoms. The summed E-state index contributed by atoms with van der Waals surface area (Å²) in [6.45, 7) is 4.42. The number of hydrogen-bond acceptors (Lipinski definition) is 2. The summed E-state index contributed by atoms with van der Waals surface area (Å²) in [5, 5.41) is 10.2. The van der Waals surface area contributed by atoms with Crippen LogP contribution in [0.4, 0.5) is 0 Å². The Balaban J connectivity index is 1.62. The Morgan fingerprint density at radius 3 is 2.67 bits per heavy atom. The standard InChI is InChI=1S/C29H26ClN3/c1-3-7-28-32-29-26(30)10-6-11-27(29)33(28)19(2)21-14-15-24-22(18-21)13-12-20-8-4-5-9-23(20)25(24)16-17-31/h4-6,8-11,14-16,18-19H,3,7,12-13H2,1-2H3. The van der Waals surface area contributed by atoms with Crippen molar-refractivity contribution in [3.05, 3.63) is 105 Å². The monoisotopic (exact) mass is 451 g/mol. The third-order valence-corrected chi connectivity index (χ3v) is 6.99. The fraction of sp³-hybridized carbons (Fsp3) is 0.241. The van der Waals surface area contributed by atoms with Crippen LogP contribution in [0.1, 0.15) is 60.0 Å². The van der Waals surface area contributed by atoms with E-state index < -0.39 is 0 Å². The average Bonchev–Trinajstić information content (AvgIpc) is 3.13. The van der Waals surface area contributed by atoms with Gasteiger partial charge >= 0.3 is 0 Å². The second kappa shape index (κ2) is 8.89. The number of rotatable bonds is 4. The van der Waals surface area contributed by atoms with Crippen molar-refractivity contribution in [2.45, 2.75) is 45.6 Å². The quantitative estimate of drug-likeness (QED) is 0.305. The fourth-order valence-electron chi connectivity index (χ4n) is 5.09. The van der Waals surface area contributed by atoms with E-state index >= 15 is 0 Å². The number of benzene rings is 3. The third kappa shape index (κ3) is 3.75. The maximum absolute atomic E-state index is 9.49. The van der Waals surface area contributed by atoms with Crippen LogP contribution in [0.2, 0.25) is 5.02 Å². The van der Waals surface area contributed by atoms with Crippen molar-refractivity contribution in [1.29, 1.82) is 5.26 Å². The summed E-state index contributed by atoms with van der Waals surface area (Å²) in [5.41, 5.74) is 9.12. The van der Waals surface area contributed by atoms with E-state index in [9.17, 15) is 5.26 Å². The Labute approximate surface area is 200 Å². The first kappa shape index (κ1) is 21.5. The zero-order valence-corrected chi connectivity index (χ0v) is 19.7. The summed E-state index contributed by atoms with van der Waals surface area (Å²) in [6, 6.07) is 23.6. The highest BCUT2D eigenvalue weighted by Crippen LogP contribution is 2.36. The summed E-state index contributed by atoms with van der Waals surface area (Å²) in [6.07, 6.45) is 5.54. The summed E-state index contributed by atoms with van der Waals surface area (Å²) in [4.78, 5) is 4.90. The van der Waals surface area contributed by atoms with Crippen LogP contribution in [0, 0.1) is 11.3 Å². The summed E-state index contributed by atoms with van der Waals surface area (Å²) in [7, 11) is 0. The number of halogens is 1. The van der Waals surface area contributed by atoms with Crippen molar-refractivity contribution in [2.24, 2.45) is 0 Å². The number of fused-ring (bicyclic) bond motifs is 3. The highest BCUT2D eigenvalue weighted by Gasteiger charge is 2.22. The third-order valence-electron chi connectivity index (χ3n) is 6.69. The van der Waals surface area contributed by atoms with Crippen molar-refractivity contribution < 1.29 is 0 Å². The second-order valence-corrected chi connectivity index (χ2v) is 9.10. The molecule has 4 aromatic rings. The van der Waals surface area contributed by atoms with Crippen LogP contribution >= 0.6 is 11.6 Å². The molecule has 1 unspecified atom stereocenters. The maximum Gasteiger partial charge on any atom is 0.110 e. The number of para-hydroxylation sites is 1. The van der Waals surface area contributed by atoms with Gasteiger partial charge in [-0.1, -0.05) is 67.1 Å². The first-order chi connectivity index (χ1) is 16.1. The smallest absolute Gasteiger partial charge is 0.110 e. The average molecular weight is 452 g/mol. The van der Waals surface area contributed by atoms with Crippen LogP contribution in [0.3, 0.4) is 0 Å². The molecule has 3 nitrogen and oxygen atoms in total. The molecular formula is C29H26ClN3. The summed E-state index contributed by atoms with van der Waals surface area (Å²) >= 11 is 6.49. The number of nitrogens with zero attached hydrogens (tertiary/aromatic N) is 3. The Bertz CT molecular complexity index is 1420. The Morgan fingerprint density at radius 1 is 1.06 bits per heavy atom. The Kier molecular flexibility index (Phi) is 5.79. The highest BCUT2D eigenvalue weighted by molar-refractivity contribution is 6.34. The largest absolute Gasteiger partial charge is 0.321 e. The van der Waals surface area contributed by atoms with Gasteiger partial charge in [-0.15, -0.1) is 0 Å². The maximum atomic E-state index is 9.49. The van der Waals surface area contributed by atoms with Crippen LogP contribution in [0.25, 0.3) is 16.6 Å². The molecule has 164 valence electrons. The molecule has 1 aliphatic rings. The van der Waals surface area contributed by atoms with E-state index in [0.717, 1.165) is 53.7 Å². The van der Waals surface area contributed by atoms with Crippen molar-refractivity contribution in [2.75, 3.05) is 0 Å². The molecular weight excluding hydrogens is 426 g/mol. The lowest BCUT2D eigenvalue weighted by atomic mass is 9.92. The lowest BCUT2D eigenvalue weighted by Gasteiger charge is -2.20. The first-order valence-corrected chi connectivity index (χ1v) is 12.0. The van der Waals surface area contributed by atoms with E-state index in [1.807, 2.05) is 12.1 Å². The lowest BCUT2D eigenvalue weighted by molar-refractivity contribution is 0.611. The highest BCUT2D eigenvalue weighted by atomic mass is 35.5. The molecule has 1 aromatic heterocycles. The predicted molar refractivity (Wildman–Crippen MR) is 136 cm³/mol. The molecule has 1 atom stereocenters. The van der Waals surface area contributed by atoms with Crippen molar-refractivity contribution in [3.63, 3.8) is 0 Å². The van der Waals surface area contributed by atoms with Gasteiger partial charge in [-0.25, -0.2) is 4.98 Å². The second-order valence-electron chi connectivity index (χ2n) is 8.69. The lowest BCUT2D eigenvalue weighted by Crippen LogP contribution is -2.11. The zero-order chi connectivity index (χ0) is 22.9. The number of allylic oxidation sites excluding steroid dienone is 1. The van der Waals surface area contributed by atoms with Gasteiger partial charge in [0.05, 0.1) is 22.7 Å². The zero-order valence-electron chi connectivity index (χ0n) is 19.0. The Hall–Kier alpha value is -3.35. The van der Waals surface area contributed by atoms with E-state index in [0.29, 0.717) is 5.02 Å². The number of aromatic nitrogens is 2. The molecule has 0 amide bonds. The van der Waals surface area contributed by atoms with Gasteiger partial charge in [0.25, 0.3) is 0 Å². The molecule has 0 N–H and O–H groups in total. The van der Waals surface area contributed by atoms with E-state index in [-0.39, 0.29) is 6.04 Å². The van der Waals surface area contributed by atoms with E-state index in [4.69, 9.17) is 16.6 Å². The predicted octanol–water partition coefficient (Wildman–Crippen LogP) is 7.31. The minimum absolute atomic E-state index is 0.120. The molecule has 0 fully saturated rings. The number of hydrogen-bond donors (Lipinski definition) is 0. The molecule has 0 saturated carbocycles. The molecule has 0 radical (unpaired) electrons. The molecule has 0 saturated heterocycles. The first-order valence-electron chi connectivity index (χ1n) is 11.6. The van der Waals surface area contributed by atoms with Crippen LogP contribution in [-0.2, 0) is 19.3 Å². The van der Waals surface area contributed by atoms with Gasteiger partial charge in [0, 0.05) is 12.5 Å². The van der Waals surface area contributed by atoms with Crippen LogP contribution in [-0.4, -0.2) is 9.55 Å². The van der Waals surface area contributed by atoms with E-state index in [2.05, 4.69) is 73.0 Å². The fourth-order valence-corrected chi connectivity index (χ4v) is 5.30. The van der Waals surface area contributed by atoms with Gasteiger partial charge in [0.15, 0.2) is 0 Å². The van der Waals surface area contributed by atoms with Gasteiger partial charge in [-0.2, -0.15) is 5.26 Å². The normalized spacial score (nSPS) is 15.0. The molecule has 1 aliphatic carbocycles. The number of imidazole rings is 1. The van der Waals surface area contributed by atoms with E-state index in [1.165, 1.54) is 22.3 Å². The minimum Gasteiger partial charge on any atom is -0.321 e. The molecule has 0 aliphatic heterocycles. The number of nitriles is 1. The van der Waals surface area contributed by atoms with Crippen molar-refractivity contribution >= 4 is 28.2 Å². The molecule has 5 rings (SSSR count). The topological polar surface area (TPSA) is 41.6 Å². The van der Waals surface area contributed by atoms with Gasteiger partial charge in [0.1, 0.15) is 11.3 Å². The molecule has 3 aromatic carbocycles. The van der Waals surface area contributed by atoms with Gasteiger partial charge in [-0.3, -0.25) is 0 Å². The minimum atomic E-state index is 0.120. The molecule has 4 heteroatoms. The SMILES string of the molecule is CCCc1nc2c(Cl)cccc2n1C(C)c1ccc2c(c1)CCc1ccccc1C2=CC#N. The summed E-state index contributed by atoms with van der Waals surface area (Å²) in [5.74, 6) is 1.07. The van der Waals surface area contributed by atoms with Gasteiger partial charge in [-0.05, 0) is 71.7 Å². The number of aryl methyl sites for hydroxylation is 3. The van der Waals surface area contributed by atoms with Crippen molar-refractivity contribution in [3.8, 4) is 6.07 Å². The van der Waals surface area contributed by atoms with Gasteiger partial charge < -0.3 is 4.57 Å². The van der Waals surface area contributed by atoms with Crippen LogP contribution in [0.15, 0.2) is 66.7 Å². The van der Waals surface area contributed by atoms with Gasteiger partial charge in [0.2, 0.25) is 0 Å². The van der Waals surface area contributed by atoms with E-state index in [1.54, 1.807) is 6.08 Å². The summed E-state index contributed by atoms with van der Waals surface area (Å²) < 4.78 is 2.34. The molecule has 33 heavy (non-hydrogen) atoms. The van der Waals surface area contributed by atoms with Crippen molar-refractivity contribution in [1.82, 2.24) is 9.55 Å². The van der Waals surface area contributed by atoms with Crippen LogP contribution < -0.4 is 0 Å². The van der Waals surface area contributed by atoms with Crippen LogP contribution in [0.5, 0.6) is 0 Å².